The van der Waals surface area contributed by atoms with Crippen LogP contribution in [0.15, 0.2) is 41.0 Å². The molecular weight excluding hydrogens is 376 g/mol. The van der Waals surface area contributed by atoms with Crippen LogP contribution in [0.3, 0.4) is 0 Å². The molecule has 2 N–H and O–H groups in total. The number of hydrogen-bond donors (Lipinski definition) is 2. The Morgan fingerprint density at radius 2 is 2.08 bits per heavy atom. The van der Waals surface area contributed by atoms with Gasteiger partial charge in [-0.3, -0.25) is 4.79 Å². The summed E-state index contributed by atoms with van der Waals surface area (Å²) in [6.07, 6.45) is 1.22. The Morgan fingerprint density at radius 1 is 1.29 bits per heavy atom. The number of hydrogen-bond acceptors (Lipinski definition) is 5. The minimum Gasteiger partial charge on any atom is -0.497 e. The third kappa shape index (κ3) is 4.94. The molecule has 2 rings (SSSR count). The van der Waals surface area contributed by atoms with Crippen molar-refractivity contribution in [3.05, 3.63) is 46.6 Å². The zero-order valence-corrected chi connectivity index (χ0v) is 15.0. The fourth-order valence-corrected chi connectivity index (χ4v) is 2.41. The number of ether oxygens (including phenoxy) is 2. The van der Waals surface area contributed by atoms with E-state index in [0.29, 0.717) is 22.9 Å². The summed E-state index contributed by atoms with van der Waals surface area (Å²) in [4.78, 5) is 16.0. The van der Waals surface area contributed by atoms with Crippen LogP contribution in [0.5, 0.6) is 11.5 Å². The van der Waals surface area contributed by atoms with Gasteiger partial charge in [-0.1, -0.05) is 0 Å². The number of aromatic nitrogens is 1. The van der Waals surface area contributed by atoms with Gasteiger partial charge < -0.3 is 19.9 Å². The molecule has 0 bridgehead atoms. The van der Waals surface area contributed by atoms with E-state index in [2.05, 4.69) is 26.2 Å². The first-order valence-corrected chi connectivity index (χ1v) is 8.14. The molecule has 0 aliphatic heterocycles. The number of amides is 1. The van der Waals surface area contributed by atoms with Crippen LogP contribution in [0.1, 0.15) is 24.5 Å². The maximum atomic E-state index is 12.0. The van der Waals surface area contributed by atoms with Crippen molar-refractivity contribution >= 4 is 27.7 Å². The number of halogens is 1. The highest BCUT2D eigenvalue weighted by Crippen LogP contribution is 2.31. The lowest BCUT2D eigenvalue weighted by molar-refractivity contribution is -0.116. The fraction of sp³-hybridized carbons (Fsp3) is 0.294. The Balaban J connectivity index is 1.93. The number of benzene rings is 1. The van der Waals surface area contributed by atoms with Gasteiger partial charge in [0.2, 0.25) is 5.91 Å². The summed E-state index contributed by atoms with van der Waals surface area (Å²) in [7, 11) is 3.09. The molecule has 0 spiro atoms. The van der Waals surface area contributed by atoms with E-state index >= 15 is 0 Å². The summed E-state index contributed by atoms with van der Waals surface area (Å²) in [6, 6.07) is 8.67. The number of pyridine rings is 1. The van der Waals surface area contributed by atoms with Crippen LogP contribution in [0.25, 0.3) is 0 Å². The minimum absolute atomic E-state index is 0.161. The van der Waals surface area contributed by atoms with Crippen LogP contribution in [-0.4, -0.2) is 30.2 Å². The van der Waals surface area contributed by atoms with Crippen LogP contribution in [0.4, 0.5) is 5.82 Å². The smallest absolute Gasteiger partial charge is 0.225 e. The summed E-state index contributed by atoms with van der Waals surface area (Å²) in [5, 5.41) is 13.0. The van der Waals surface area contributed by atoms with Gasteiger partial charge in [0.05, 0.1) is 20.3 Å². The number of aliphatic hydroxyl groups is 1. The molecule has 1 amide bonds. The number of carbonyl (C=O) groups is 1. The monoisotopic (exact) mass is 394 g/mol. The third-order valence-corrected chi connectivity index (χ3v) is 3.91. The molecule has 6 nitrogen and oxygen atoms in total. The number of aliphatic hydroxyl groups excluding tert-OH is 1. The van der Waals surface area contributed by atoms with Crippen molar-refractivity contribution in [2.45, 2.75) is 18.9 Å². The Hall–Kier alpha value is -2.12. The molecule has 0 fully saturated rings. The standard InChI is InChI=1S/C17H19BrN2O4/c1-23-12-4-5-13(15(9-12)24-2)14(21)6-8-17(22)20-16-7-3-11(18)10-19-16/h3-5,7,9-10,14,21H,6,8H2,1-2H3,(H,19,20,22). The van der Waals surface area contributed by atoms with Gasteiger partial charge in [-0.05, 0) is 46.6 Å². The molecule has 1 unspecified atom stereocenters. The molecule has 7 heteroatoms. The second-order valence-electron chi connectivity index (χ2n) is 5.07. The zero-order valence-electron chi connectivity index (χ0n) is 13.5. The number of anilines is 1. The minimum atomic E-state index is -0.811. The Bertz CT molecular complexity index is 691. The molecule has 2 aromatic rings. The molecule has 0 aliphatic carbocycles. The van der Waals surface area contributed by atoms with Crippen LogP contribution in [0.2, 0.25) is 0 Å². The van der Waals surface area contributed by atoms with Crippen molar-refractivity contribution in [1.29, 1.82) is 0 Å². The van der Waals surface area contributed by atoms with Gasteiger partial charge in [0, 0.05) is 28.7 Å². The third-order valence-electron chi connectivity index (χ3n) is 3.44. The van der Waals surface area contributed by atoms with Gasteiger partial charge in [0.1, 0.15) is 17.3 Å². The molecule has 0 saturated heterocycles. The Kier molecular flexibility index (Phi) is 6.57. The van der Waals surface area contributed by atoms with Crippen LogP contribution >= 0.6 is 15.9 Å². The summed E-state index contributed by atoms with van der Waals surface area (Å²) < 4.78 is 11.2. The first-order chi connectivity index (χ1) is 11.5. The first-order valence-electron chi connectivity index (χ1n) is 7.35. The molecule has 1 heterocycles. The number of nitrogens with zero attached hydrogens (tertiary/aromatic N) is 1. The maximum absolute atomic E-state index is 12.0. The highest BCUT2D eigenvalue weighted by Gasteiger charge is 2.16. The summed E-state index contributed by atoms with van der Waals surface area (Å²) in [5.41, 5.74) is 0.618. The van der Waals surface area contributed by atoms with Crippen molar-refractivity contribution in [2.75, 3.05) is 19.5 Å². The number of rotatable bonds is 7. The first kappa shape index (κ1) is 18.2. The molecule has 0 radical (unpaired) electrons. The highest BCUT2D eigenvalue weighted by atomic mass is 79.9. The lowest BCUT2D eigenvalue weighted by atomic mass is 10.0. The SMILES string of the molecule is COc1ccc(C(O)CCC(=O)Nc2ccc(Br)cn2)c(OC)c1. The number of carbonyl (C=O) groups excluding carboxylic acids is 1. The molecule has 0 aliphatic rings. The lowest BCUT2D eigenvalue weighted by Gasteiger charge is -2.15. The van der Waals surface area contributed by atoms with Gasteiger partial charge in [-0.2, -0.15) is 0 Å². The van der Waals surface area contributed by atoms with Gasteiger partial charge in [0.25, 0.3) is 0 Å². The van der Waals surface area contributed by atoms with E-state index in [-0.39, 0.29) is 18.7 Å². The van der Waals surface area contributed by atoms with E-state index in [1.807, 2.05) is 0 Å². The zero-order chi connectivity index (χ0) is 17.5. The van der Waals surface area contributed by atoms with Crippen LogP contribution in [-0.2, 0) is 4.79 Å². The molecule has 1 aromatic carbocycles. The fourth-order valence-electron chi connectivity index (χ4n) is 2.17. The second kappa shape index (κ2) is 8.65. The lowest BCUT2D eigenvalue weighted by Crippen LogP contribution is -2.14. The Morgan fingerprint density at radius 3 is 2.71 bits per heavy atom. The van der Waals surface area contributed by atoms with Crippen molar-refractivity contribution in [3.63, 3.8) is 0 Å². The largest absolute Gasteiger partial charge is 0.497 e. The van der Waals surface area contributed by atoms with E-state index in [1.165, 1.54) is 7.11 Å². The van der Waals surface area contributed by atoms with E-state index in [9.17, 15) is 9.90 Å². The van der Waals surface area contributed by atoms with Gasteiger partial charge in [0.15, 0.2) is 0 Å². The van der Waals surface area contributed by atoms with Crippen molar-refractivity contribution in [3.8, 4) is 11.5 Å². The normalized spacial score (nSPS) is 11.7. The Labute approximate surface area is 148 Å². The number of nitrogens with one attached hydrogen (secondary N) is 1. The van der Waals surface area contributed by atoms with Crippen molar-refractivity contribution in [2.24, 2.45) is 0 Å². The quantitative estimate of drug-likeness (QED) is 0.752. The molecular formula is C17H19BrN2O4. The average Bonchev–Trinajstić information content (AvgIpc) is 2.61. The molecule has 0 saturated carbocycles. The van der Waals surface area contributed by atoms with Crippen molar-refractivity contribution < 1.29 is 19.4 Å². The number of methoxy groups -OCH3 is 2. The van der Waals surface area contributed by atoms with E-state index in [1.54, 1.807) is 43.6 Å². The molecule has 24 heavy (non-hydrogen) atoms. The molecule has 128 valence electrons. The second-order valence-corrected chi connectivity index (χ2v) is 5.99. The topological polar surface area (TPSA) is 80.7 Å². The molecule has 1 aromatic heterocycles. The van der Waals surface area contributed by atoms with Crippen LogP contribution in [0, 0.1) is 0 Å². The maximum Gasteiger partial charge on any atom is 0.225 e. The van der Waals surface area contributed by atoms with Gasteiger partial charge >= 0.3 is 0 Å². The van der Waals surface area contributed by atoms with Crippen LogP contribution < -0.4 is 14.8 Å². The van der Waals surface area contributed by atoms with E-state index in [0.717, 1.165) is 4.47 Å². The predicted octanol–water partition coefficient (Wildman–Crippen LogP) is 3.31. The summed E-state index contributed by atoms with van der Waals surface area (Å²) in [6.45, 7) is 0. The van der Waals surface area contributed by atoms with Crippen molar-refractivity contribution in [1.82, 2.24) is 4.98 Å². The van der Waals surface area contributed by atoms with E-state index < -0.39 is 6.10 Å². The average molecular weight is 395 g/mol. The summed E-state index contributed by atoms with van der Waals surface area (Å²) >= 11 is 3.28. The highest BCUT2D eigenvalue weighted by molar-refractivity contribution is 9.10. The predicted molar refractivity (Wildman–Crippen MR) is 94.3 cm³/mol. The summed E-state index contributed by atoms with van der Waals surface area (Å²) in [5.74, 6) is 1.43. The van der Waals surface area contributed by atoms with Gasteiger partial charge in [-0.15, -0.1) is 0 Å². The van der Waals surface area contributed by atoms with E-state index in [4.69, 9.17) is 9.47 Å². The van der Waals surface area contributed by atoms with Gasteiger partial charge in [-0.25, -0.2) is 4.98 Å². The molecule has 1 atom stereocenters.